The van der Waals surface area contributed by atoms with Gasteiger partial charge in [0.1, 0.15) is 18.6 Å². The van der Waals surface area contributed by atoms with E-state index in [0.29, 0.717) is 63.1 Å². The second kappa shape index (κ2) is 16.4. The third kappa shape index (κ3) is 8.37. The first-order chi connectivity index (χ1) is 26.8. The zero-order valence-electron chi connectivity index (χ0n) is 31.5. The molecule has 1 aliphatic heterocycles. The van der Waals surface area contributed by atoms with Crippen LogP contribution in [0, 0.1) is 21.7 Å². The zero-order chi connectivity index (χ0) is 40.1. The van der Waals surface area contributed by atoms with E-state index < -0.39 is 33.7 Å². The van der Waals surface area contributed by atoms with Gasteiger partial charge in [-0.3, -0.25) is 14.6 Å². The summed E-state index contributed by atoms with van der Waals surface area (Å²) in [5.74, 6) is -2.61. The van der Waals surface area contributed by atoms with Crippen LogP contribution in [0.4, 0.5) is 20.3 Å². The van der Waals surface area contributed by atoms with E-state index in [1.807, 2.05) is 26.2 Å². The molecule has 0 saturated heterocycles. The number of nitrogens with one attached hydrogen (secondary N) is 1. The molecule has 4 heterocycles. The van der Waals surface area contributed by atoms with Crippen LogP contribution in [0.5, 0.6) is 11.5 Å². The molecule has 0 amide bonds. The van der Waals surface area contributed by atoms with Crippen molar-refractivity contribution in [1.82, 2.24) is 14.5 Å². The molecule has 288 valence electrons. The van der Waals surface area contributed by atoms with E-state index in [9.17, 15) is 19.7 Å². The lowest BCUT2D eigenvalue weighted by Gasteiger charge is -2.28. The summed E-state index contributed by atoms with van der Waals surface area (Å²) in [6.45, 7) is 2.65. The molecule has 0 spiro atoms. The number of hydrogen-bond acceptors (Lipinski definition) is 10. The van der Waals surface area contributed by atoms with Crippen LogP contribution < -0.4 is 20.3 Å². The minimum absolute atomic E-state index is 0.0633. The Kier molecular flexibility index (Phi) is 11.5. The molecule has 1 N–H and O–H groups in total. The summed E-state index contributed by atoms with van der Waals surface area (Å²) in [5.41, 5.74) is 1.51. The number of quaternary nitrogens is 1. The number of pyridine rings is 3. The Balaban J connectivity index is 1.34. The van der Waals surface area contributed by atoms with Crippen LogP contribution in [-0.4, -0.2) is 77.3 Å². The van der Waals surface area contributed by atoms with Crippen LogP contribution in [0.25, 0.3) is 22.0 Å². The van der Waals surface area contributed by atoms with Gasteiger partial charge >= 0.3 is 5.82 Å². The maximum absolute atomic E-state index is 15.9. The number of anilines is 2. The lowest BCUT2D eigenvalue weighted by molar-refractivity contribution is -0.880. The summed E-state index contributed by atoms with van der Waals surface area (Å²) in [6, 6.07) is 14.2. The number of carbonyl (C=O) groups excluding carboxylic acids is 1. The molecular formula is C41H40F2N7O6+. The number of fused-ring (bicyclic) bond motifs is 1. The van der Waals surface area contributed by atoms with Crippen molar-refractivity contribution in [1.29, 1.82) is 0 Å². The van der Waals surface area contributed by atoms with E-state index in [2.05, 4.69) is 20.3 Å². The molecule has 0 fully saturated rings. The van der Waals surface area contributed by atoms with Crippen LogP contribution in [0.2, 0.25) is 0 Å². The summed E-state index contributed by atoms with van der Waals surface area (Å²) in [5, 5.41) is 14.9. The first kappa shape index (κ1) is 39.1. The molecule has 6 rings (SSSR count). The molecule has 0 aliphatic carbocycles. The van der Waals surface area contributed by atoms with Crippen molar-refractivity contribution in [3.63, 3.8) is 0 Å². The topological polar surface area (TPSA) is 151 Å². The van der Waals surface area contributed by atoms with Gasteiger partial charge in [-0.05, 0) is 53.3 Å². The maximum Gasteiger partial charge on any atom is 0.368 e. The second-order valence-corrected chi connectivity index (χ2v) is 14.0. The number of methoxy groups -OCH3 is 2. The van der Waals surface area contributed by atoms with E-state index in [4.69, 9.17) is 9.47 Å². The van der Waals surface area contributed by atoms with Crippen molar-refractivity contribution >= 4 is 34.4 Å². The SMILES string of the molecule is COc1cc(OC)c(F)c(-c2cc3cnc(Nc4cccnc4)cc3n(C(C)c3cccc(CC(=O)/C=C/C[N+](C)(C)CC4=C([N+](=O)[O-])N=CC4)c3)c2=O)c1F. The third-order valence-electron chi connectivity index (χ3n) is 9.46. The maximum atomic E-state index is 15.9. The van der Waals surface area contributed by atoms with Gasteiger partial charge in [-0.2, -0.15) is 0 Å². The molecule has 13 nitrogen and oxygen atoms in total. The van der Waals surface area contributed by atoms with Crippen LogP contribution in [0.15, 0.2) is 107 Å². The van der Waals surface area contributed by atoms with Crippen LogP contribution in [0.3, 0.4) is 0 Å². The summed E-state index contributed by atoms with van der Waals surface area (Å²) in [4.78, 5) is 51.1. The Hall–Kier alpha value is -6.61. The van der Waals surface area contributed by atoms with Crippen molar-refractivity contribution in [2.45, 2.75) is 25.8 Å². The van der Waals surface area contributed by atoms with E-state index in [0.717, 1.165) is 6.07 Å². The molecule has 0 saturated carbocycles. The lowest BCUT2D eigenvalue weighted by Crippen LogP contribution is -2.41. The van der Waals surface area contributed by atoms with Crippen molar-refractivity contribution in [3.05, 3.63) is 140 Å². The smallest absolute Gasteiger partial charge is 0.368 e. The fourth-order valence-corrected chi connectivity index (χ4v) is 6.73. The summed E-state index contributed by atoms with van der Waals surface area (Å²) >= 11 is 0. The number of benzene rings is 2. The van der Waals surface area contributed by atoms with E-state index in [1.165, 1.54) is 43.3 Å². The van der Waals surface area contributed by atoms with E-state index >= 15 is 8.78 Å². The monoisotopic (exact) mass is 764 g/mol. The Morgan fingerprint density at radius 2 is 1.82 bits per heavy atom. The summed E-state index contributed by atoms with van der Waals surface area (Å²) < 4.78 is 43.9. The van der Waals surface area contributed by atoms with E-state index in [1.54, 1.807) is 55.7 Å². The average Bonchev–Trinajstić information content (AvgIpc) is 3.63. The van der Waals surface area contributed by atoms with Gasteiger partial charge in [0.05, 0.1) is 75.0 Å². The number of nitro groups is 1. The van der Waals surface area contributed by atoms with Gasteiger partial charge in [0, 0.05) is 42.8 Å². The lowest BCUT2D eigenvalue weighted by atomic mass is 9.99. The number of halogens is 2. The zero-order valence-corrected chi connectivity index (χ0v) is 31.5. The molecule has 1 atom stereocenters. The number of nitrogens with zero attached hydrogens (tertiary/aromatic N) is 6. The minimum atomic E-state index is -1.06. The van der Waals surface area contributed by atoms with Crippen molar-refractivity contribution in [3.8, 4) is 22.6 Å². The largest absolute Gasteiger partial charge is 0.494 e. The number of rotatable bonds is 15. The molecule has 3 aromatic heterocycles. The molecule has 2 aromatic carbocycles. The van der Waals surface area contributed by atoms with E-state index in [-0.39, 0.29) is 35.1 Å². The summed E-state index contributed by atoms with van der Waals surface area (Å²) in [6.07, 6.45) is 10.0. The second-order valence-electron chi connectivity index (χ2n) is 14.0. The van der Waals surface area contributed by atoms with Crippen LogP contribution in [0.1, 0.15) is 30.5 Å². The van der Waals surface area contributed by atoms with Gasteiger partial charge in [-0.25, -0.2) is 13.8 Å². The van der Waals surface area contributed by atoms with Gasteiger partial charge in [0.25, 0.3) is 5.56 Å². The van der Waals surface area contributed by atoms with Gasteiger partial charge in [0.15, 0.2) is 28.9 Å². The molecule has 1 unspecified atom stereocenters. The van der Waals surface area contributed by atoms with Crippen molar-refractivity contribution in [2.75, 3.05) is 46.7 Å². The average molecular weight is 765 g/mol. The first-order valence-corrected chi connectivity index (χ1v) is 17.6. The Labute approximate surface area is 321 Å². The number of aliphatic imine (C=N–C) groups is 1. The third-order valence-corrected chi connectivity index (χ3v) is 9.46. The number of likely N-dealkylation sites (N-methyl/N-ethyl adjacent to an activating group) is 1. The van der Waals surface area contributed by atoms with Gasteiger partial charge in [-0.1, -0.05) is 29.3 Å². The van der Waals surface area contributed by atoms with Crippen molar-refractivity contribution in [2.24, 2.45) is 4.99 Å². The standard InChI is InChI=1S/C41H39F2N7O6/c1-25(27-10-6-9-26(17-27)18-31(51)12-8-16-50(2,3)24-28-13-15-45-40(28)49(53)54)48-33-20-36(47-30-11-7-14-44-23-30)46-22-29(33)19-32(41(48)52)37-38(42)34(55-4)21-35(56-5)39(37)43/h6-12,14-15,17,19-23,25H,13,16,18,24H2,1-5H3/p+1/b12-8+. The number of aromatic nitrogens is 3. The quantitative estimate of drug-likeness (QED) is 0.0525. The van der Waals surface area contributed by atoms with Gasteiger partial charge in [0.2, 0.25) is 0 Å². The highest BCUT2D eigenvalue weighted by Crippen LogP contribution is 2.38. The molecule has 15 heteroatoms. The molecule has 0 radical (unpaired) electrons. The molecule has 5 aromatic rings. The molecular weight excluding hydrogens is 724 g/mol. The van der Waals surface area contributed by atoms with Gasteiger partial charge in [-0.15, -0.1) is 0 Å². The fourth-order valence-electron chi connectivity index (χ4n) is 6.73. The van der Waals surface area contributed by atoms with Crippen LogP contribution in [-0.2, 0) is 11.2 Å². The molecule has 56 heavy (non-hydrogen) atoms. The summed E-state index contributed by atoms with van der Waals surface area (Å²) in [7, 11) is 6.31. The predicted molar refractivity (Wildman–Crippen MR) is 209 cm³/mol. The Bertz CT molecular complexity index is 2450. The number of allylic oxidation sites excluding steroid dienone is 1. The fraction of sp³-hybridized carbons (Fsp3) is 0.244. The molecule has 1 aliphatic rings. The molecule has 0 bridgehead atoms. The number of ether oxygens (including phenoxy) is 2. The Morgan fingerprint density at radius 1 is 1.07 bits per heavy atom. The highest BCUT2D eigenvalue weighted by molar-refractivity contribution is 5.91. The van der Waals surface area contributed by atoms with Gasteiger partial charge < -0.3 is 34.0 Å². The first-order valence-electron chi connectivity index (χ1n) is 17.6. The normalized spacial score (nSPS) is 13.4. The predicted octanol–water partition coefficient (Wildman–Crippen LogP) is 6.81. The Morgan fingerprint density at radius 3 is 2.50 bits per heavy atom. The minimum Gasteiger partial charge on any atom is -0.494 e. The highest BCUT2D eigenvalue weighted by Gasteiger charge is 2.29. The highest BCUT2D eigenvalue weighted by atomic mass is 19.1. The van der Waals surface area contributed by atoms with Crippen LogP contribution >= 0.6 is 0 Å². The number of hydrogen-bond donors (Lipinski definition) is 1. The van der Waals surface area contributed by atoms with Crippen molar-refractivity contribution < 1.29 is 32.5 Å². The number of ketones is 1. The number of carbonyl (C=O) groups is 1.